The van der Waals surface area contributed by atoms with E-state index in [1.807, 2.05) is 0 Å². The predicted molar refractivity (Wildman–Crippen MR) is 73.9 cm³/mol. The van der Waals surface area contributed by atoms with Crippen molar-refractivity contribution in [2.24, 2.45) is 0 Å². The summed E-state index contributed by atoms with van der Waals surface area (Å²) in [5.74, 6) is -0.610. The van der Waals surface area contributed by atoms with Gasteiger partial charge in [0.15, 0.2) is 0 Å². The second-order valence-electron chi connectivity index (χ2n) is 3.71. The molecule has 0 radical (unpaired) electrons. The molecule has 0 aliphatic carbocycles. The van der Waals surface area contributed by atoms with Crippen molar-refractivity contribution in [1.82, 2.24) is 4.98 Å². The van der Waals surface area contributed by atoms with Gasteiger partial charge in [-0.25, -0.2) is 4.79 Å². The van der Waals surface area contributed by atoms with Crippen LogP contribution in [0.15, 0.2) is 35.1 Å². The quantitative estimate of drug-likeness (QED) is 0.866. The first-order chi connectivity index (χ1) is 9.04. The molecule has 2 rings (SSSR count). The Labute approximate surface area is 118 Å². The topological polar surface area (TPSA) is 59.2 Å². The highest BCUT2D eigenvalue weighted by Gasteiger charge is 2.13. The summed E-state index contributed by atoms with van der Waals surface area (Å²) < 4.78 is 4.52. The smallest absolute Gasteiger partial charge is 0.354 e. The Hall–Kier alpha value is -1.78. The summed E-state index contributed by atoms with van der Waals surface area (Å²) in [4.78, 5) is 25.7. The van der Waals surface area contributed by atoms with E-state index in [1.54, 1.807) is 18.2 Å². The van der Waals surface area contributed by atoms with E-state index < -0.39 is 11.5 Å². The van der Waals surface area contributed by atoms with Crippen LogP contribution in [-0.2, 0) is 4.74 Å². The van der Waals surface area contributed by atoms with Crippen LogP contribution in [0.2, 0.25) is 10.0 Å². The van der Waals surface area contributed by atoms with Gasteiger partial charge in [-0.05, 0) is 18.2 Å². The van der Waals surface area contributed by atoms with Crippen LogP contribution < -0.4 is 5.56 Å². The minimum absolute atomic E-state index is 0.0781. The number of benzene rings is 1. The fourth-order valence-corrected chi connectivity index (χ4v) is 2.03. The third-order valence-corrected chi connectivity index (χ3v) is 3.38. The number of esters is 1. The summed E-state index contributed by atoms with van der Waals surface area (Å²) in [5, 5.41) is 0.649. The Kier molecular flexibility index (Phi) is 3.93. The fraction of sp³-hybridized carbons (Fsp3) is 0.0769. The molecule has 1 aromatic carbocycles. The molecular weight excluding hydrogens is 289 g/mol. The molecule has 4 nitrogen and oxygen atoms in total. The molecule has 0 atom stereocenters. The van der Waals surface area contributed by atoms with Crippen molar-refractivity contribution in [2.75, 3.05) is 7.11 Å². The fourth-order valence-electron chi connectivity index (χ4n) is 1.63. The molecule has 98 valence electrons. The highest BCUT2D eigenvalue weighted by molar-refractivity contribution is 6.43. The average Bonchev–Trinajstić information content (AvgIpc) is 2.41. The van der Waals surface area contributed by atoms with Crippen LogP contribution in [0.5, 0.6) is 0 Å². The van der Waals surface area contributed by atoms with Crippen LogP contribution in [-0.4, -0.2) is 18.1 Å². The van der Waals surface area contributed by atoms with Gasteiger partial charge in [0.1, 0.15) is 5.69 Å². The number of pyridine rings is 1. The largest absolute Gasteiger partial charge is 0.464 e. The SMILES string of the molecule is COC(=O)c1ccc(-c2cccc(Cl)c2Cl)c(=O)[nH]1. The van der Waals surface area contributed by atoms with Crippen molar-refractivity contribution < 1.29 is 9.53 Å². The van der Waals surface area contributed by atoms with Gasteiger partial charge in [-0.2, -0.15) is 0 Å². The maximum Gasteiger partial charge on any atom is 0.354 e. The molecule has 0 spiro atoms. The van der Waals surface area contributed by atoms with Crippen molar-refractivity contribution >= 4 is 29.2 Å². The van der Waals surface area contributed by atoms with E-state index in [0.29, 0.717) is 21.2 Å². The summed E-state index contributed by atoms with van der Waals surface area (Å²) in [6.07, 6.45) is 0. The zero-order chi connectivity index (χ0) is 14.0. The molecule has 6 heteroatoms. The molecule has 0 bridgehead atoms. The molecule has 0 aliphatic heterocycles. The van der Waals surface area contributed by atoms with Crippen LogP contribution >= 0.6 is 23.2 Å². The second kappa shape index (κ2) is 5.47. The zero-order valence-electron chi connectivity index (χ0n) is 9.87. The molecule has 1 heterocycles. The first-order valence-electron chi connectivity index (χ1n) is 5.30. The summed E-state index contributed by atoms with van der Waals surface area (Å²) in [6.45, 7) is 0. The predicted octanol–water partition coefficient (Wildman–Crippen LogP) is 3.14. The highest BCUT2D eigenvalue weighted by Crippen LogP contribution is 2.31. The zero-order valence-corrected chi connectivity index (χ0v) is 11.4. The number of aromatic nitrogens is 1. The number of halogens is 2. The summed E-state index contributed by atoms with van der Waals surface area (Å²) in [7, 11) is 1.24. The van der Waals surface area contributed by atoms with Gasteiger partial charge in [0.05, 0.1) is 17.2 Å². The molecule has 1 aromatic heterocycles. The van der Waals surface area contributed by atoms with E-state index in [4.69, 9.17) is 23.2 Å². The van der Waals surface area contributed by atoms with E-state index in [1.165, 1.54) is 19.2 Å². The van der Waals surface area contributed by atoms with Gasteiger partial charge in [0.25, 0.3) is 5.56 Å². The number of rotatable bonds is 2. The monoisotopic (exact) mass is 297 g/mol. The van der Waals surface area contributed by atoms with Gasteiger partial charge in [0, 0.05) is 11.1 Å². The van der Waals surface area contributed by atoms with Crippen molar-refractivity contribution in [3.8, 4) is 11.1 Å². The van der Waals surface area contributed by atoms with Crippen LogP contribution in [0.1, 0.15) is 10.5 Å². The van der Waals surface area contributed by atoms with Gasteiger partial charge in [-0.3, -0.25) is 4.79 Å². The second-order valence-corrected chi connectivity index (χ2v) is 4.49. The van der Waals surface area contributed by atoms with Crippen LogP contribution in [0.25, 0.3) is 11.1 Å². The van der Waals surface area contributed by atoms with E-state index in [0.717, 1.165) is 0 Å². The van der Waals surface area contributed by atoms with Gasteiger partial charge >= 0.3 is 5.97 Å². The summed E-state index contributed by atoms with van der Waals surface area (Å²) in [5.41, 5.74) is 0.480. The lowest BCUT2D eigenvalue weighted by Crippen LogP contribution is -2.15. The maximum absolute atomic E-state index is 12.0. The molecule has 2 aromatic rings. The van der Waals surface area contributed by atoms with Crippen molar-refractivity contribution in [1.29, 1.82) is 0 Å². The number of ether oxygens (including phenoxy) is 1. The van der Waals surface area contributed by atoms with E-state index >= 15 is 0 Å². The Morgan fingerprint density at radius 2 is 1.89 bits per heavy atom. The Bertz CT molecular complexity index is 695. The highest BCUT2D eigenvalue weighted by atomic mass is 35.5. The Morgan fingerprint density at radius 3 is 2.53 bits per heavy atom. The van der Waals surface area contributed by atoms with Gasteiger partial charge in [0.2, 0.25) is 0 Å². The Morgan fingerprint density at radius 1 is 1.16 bits per heavy atom. The molecule has 19 heavy (non-hydrogen) atoms. The molecule has 0 unspecified atom stereocenters. The lowest BCUT2D eigenvalue weighted by Gasteiger charge is -2.06. The molecule has 0 amide bonds. The average molecular weight is 298 g/mol. The normalized spacial score (nSPS) is 10.3. The molecule has 0 fully saturated rings. The molecule has 0 aliphatic rings. The van der Waals surface area contributed by atoms with Crippen molar-refractivity contribution in [3.05, 3.63) is 56.4 Å². The summed E-state index contributed by atoms with van der Waals surface area (Å²) >= 11 is 12.0. The number of methoxy groups -OCH3 is 1. The minimum atomic E-state index is -0.610. The minimum Gasteiger partial charge on any atom is -0.464 e. The molecular formula is C13H9Cl2NO3. The Balaban J connectivity index is 2.56. The van der Waals surface area contributed by atoms with Gasteiger partial charge < -0.3 is 9.72 Å². The van der Waals surface area contributed by atoms with Crippen molar-refractivity contribution in [2.45, 2.75) is 0 Å². The maximum atomic E-state index is 12.0. The number of hydrogen-bond donors (Lipinski definition) is 1. The van der Waals surface area contributed by atoms with E-state index in [2.05, 4.69) is 9.72 Å². The number of carbonyl (C=O) groups excluding carboxylic acids is 1. The molecule has 0 saturated heterocycles. The number of carbonyl (C=O) groups is 1. The first-order valence-corrected chi connectivity index (χ1v) is 6.06. The lowest BCUT2D eigenvalue weighted by atomic mass is 10.1. The van der Waals surface area contributed by atoms with Gasteiger partial charge in [-0.15, -0.1) is 0 Å². The number of nitrogens with one attached hydrogen (secondary N) is 1. The molecule has 1 N–H and O–H groups in total. The van der Waals surface area contributed by atoms with Crippen molar-refractivity contribution in [3.63, 3.8) is 0 Å². The van der Waals surface area contributed by atoms with Gasteiger partial charge in [-0.1, -0.05) is 35.3 Å². The van der Waals surface area contributed by atoms with Crippen LogP contribution in [0, 0.1) is 0 Å². The standard InChI is InChI=1S/C13H9Cl2NO3/c1-19-13(18)10-6-5-8(12(17)16-10)7-3-2-4-9(14)11(7)15/h2-6H,1H3,(H,16,17). The molecule has 0 saturated carbocycles. The van der Waals surface area contributed by atoms with E-state index in [-0.39, 0.29) is 5.69 Å². The lowest BCUT2D eigenvalue weighted by molar-refractivity contribution is 0.0594. The number of aromatic amines is 1. The third-order valence-electron chi connectivity index (χ3n) is 2.56. The number of hydrogen-bond acceptors (Lipinski definition) is 3. The van der Waals surface area contributed by atoms with Crippen LogP contribution in [0.3, 0.4) is 0 Å². The number of H-pyrrole nitrogens is 1. The third kappa shape index (κ3) is 2.64. The van der Waals surface area contributed by atoms with E-state index in [9.17, 15) is 9.59 Å². The van der Waals surface area contributed by atoms with Crippen LogP contribution in [0.4, 0.5) is 0 Å². The first kappa shape index (κ1) is 13.6. The summed E-state index contributed by atoms with van der Waals surface area (Å²) in [6, 6.07) is 7.96.